The third kappa shape index (κ3) is 4.27. The number of aryl methyl sites for hydroxylation is 1. The van der Waals surface area contributed by atoms with Crippen LogP contribution in [0.4, 0.5) is 11.4 Å². The largest absolute Gasteiger partial charge is 0.322 e. The minimum atomic E-state index is -0.505. The van der Waals surface area contributed by atoms with Crippen molar-refractivity contribution in [2.75, 3.05) is 5.32 Å². The van der Waals surface area contributed by atoms with Gasteiger partial charge in [0.2, 0.25) is 0 Å². The number of anilines is 1. The van der Waals surface area contributed by atoms with Gasteiger partial charge in [-0.25, -0.2) is 0 Å². The van der Waals surface area contributed by atoms with Crippen LogP contribution in [-0.2, 0) is 6.54 Å². The van der Waals surface area contributed by atoms with Crippen LogP contribution in [-0.4, -0.2) is 15.4 Å². The summed E-state index contributed by atoms with van der Waals surface area (Å²) in [5.41, 5.74) is 1.43. The van der Waals surface area contributed by atoms with Gasteiger partial charge in [-0.3, -0.25) is 19.7 Å². The Hall–Kier alpha value is -3.45. The molecule has 3 aromatic rings. The van der Waals surface area contributed by atoms with Crippen molar-refractivity contribution in [1.82, 2.24) is 4.57 Å². The van der Waals surface area contributed by atoms with Crippen LogP contribution in [0.3, 0.4) is 0 Å². The topological polar surface area (TPSA) is 94.2 Å². The van der Waals surface area contributed by atoms with E-state index in [1.54, 1.807) is 37.3 Å². The Labute approximate surface area is 165 Å². The number of halogens is 1. The Morgan fingerprint density at radius 3 is 2.64 bits per heavy atom. The molecule has 0 unspecified atom stereocenters. The molecule has 0 bridgehead atoms. The van der Waals surface area contributed by atoms with Gasteiger partial charge in [0, 0.05) is 34.6 Å². The van der Waals surface area contributed by atoms with E-state index >= 15 is 0 Å². The zero-order valence-corrected chi connectivity index (χ0v) is 15.6. The lowest BCUT2D eigenvalue weighted by Crippen LogP contribution is -2.22. The van der Waals surface area contributed by atoms with Crippen molar-refractivity contribution >= 4 is 28.9 Å². The molecular weight excluding hydrogens is 382 g/mol. The van der Waals surface area contributed by atoms with Crippen LogP contribution in [0.15, 0.2) is 65.6 Å². The summed E-state index contributed by atoms with van der Waals surface area (Å²) in [4.78, 5) is 35.2. The highest BCUT2D eigenvalue weighted by Gasteiger charge is 2.14. The summed E-state index contributed by atoms with van der Waals surface area (Å²) in [6.07, 6.45) is 1.43. The number of nitro groups is 1. The maximum Gasteiger partial charge on any atom is 0.274 e. The van der Waals surface area contributed by atoms with Crippen molar-refractivity contribution in [2.24, 2.45) is 0 Å². The van der Waals surface area contributed by atoms with Crippen LogP contribution in [0.1, 0.15) is 21.5 Å². The van der Waals surface area contributed by atoms with Gasteiger partial charge in [0.05, 0.1) is 17.0 Å². The number of hydrogen-bond acceptors (Lipinski definition) is 4. The molecule has 7 nitrogen and oxygen atoms in total. The third-order valence-electron chi connectivity index (χ3n) is 4.21. The minimum absolute atomic E-state index is 0.0820. The zero-order valence-electron chi connectivity index (χ0n) is 14.9. The van der Waals surface area contributed by atoms with E-state index in [0.717, 1.165) is 5.56 Å². The number of aromatic nitrogens is 1. The van der Waals surface area contributed by atoms with Gasteiger partial charge in [-0.1, -0.05) is 35.9 Å². The molecule has 8 heteroatoms. The lowest BCUT2D eigenvalue weighted by atomic mass is 10.1. The first-order valence-electron chi connectivity index (χ1n) is 8.35. The molecule has 0 aliphatic carbocycles. The molecule has 3 rings (SSSR count). The smallest absolute Gasteiger partial charge is 0.274 e. The van der Waals surface area contributed by atoms with E-state index < -0.39 is 10.8 Å². The highest BCUT2D eigenvalue weighted by molar-refractivity contribution is 6.31. The maximum absolute atomic E-state index is 12.5. The molecular formula is C20H16ClN3O4. The van der Waals surface area contributed by atoms with Crippen LogP contribution in [0.2, 0.25) is 5.02 Å². The van der Waals surface area contributed by atoms with Gasteiger partial charge in [-0.15, -0.1) is 0 Å². The first-order chi connectivity index (χ1) is 13.3. The van der Waals surface area contributed by atoms with Crippen molar-refractivity contribution < 1.29 is 9.72 Å². The van der Waals surface area contributed by atoms with Crippen LogP contribution < -0.4 is 10.9 Å². The zero-order chi connectivity index (χ0) is 20.3. The number of benzene rings is 2. The average Bonchev–Trinajstić information content (AvgIpc) is 2.66. The summed E-state index contributed by atoms with van der Waals surface area (Å²) in [5, 5.41) is 14.2. The second kappa shape index (κ2) is 8.06. The highest BCUT2D eigenvalue weighted by atomic mass is 35.5. The molecule has 0 fully saturated rings. The number of nitro benzene ring substituents is 1. The van der Waals surface area contributed by atoms with Crippen LogP contribution in [0, 0.1) is 17.0 Å². The molecule has 0 saturated carbocycles. The monoisotopic (exact) mass is 397 g/mol. The van der Waals surface area contributed by atoms with E-state index in [4.69, 9.17) is 11.6 Å². The SMILES string of the molecule is Cc1ccc(NC(=O)c2ccc(=O)n(Cc3ccccc3Cl)c2)cc1[N+](=O)[O-]. The Morgan fingerprint density at radius 1 is 1.18 bits per heavy atom. The van der Waals surface area contributed by atoms with E-state index in [-0.39, 0.29) is 23.4 Å². The minimum Gasteiger partial charge on any atom is -0.322 e. The van der Waals surface area contributed by atoms with Gasteiger partial charge in [0.25, 0.3) is 17.2 Å². The van der Waals surface area contributed by atoms with Crippen molar-refractivity contribution in [2.45, 2.75) is 13.5 Å². The van der Waals surface area contributed by atoms with Crippen molar-refractivity contribution in [3.05, 3.63) is 103 Å². The van der Waals surface area contributed by atoms with Gasteiger partial charge in [0.1, 0.15) is 0 Å². The van der Waals surface area contributed by atoms with Crippen LogP contribution in [0.25, 0.3) is 0 Å². The van der Waals surface area contributed by atoms with E-state index in [2.05, 4.69) is 5.32 Å². The maximum atomic E-state index is 12.5. The second-order valence-electron chi connectivity index (χ2n) is 6.19. The molecule has 0 aliphatic rings. The van der Waals surface area contributed by atoms with E-state index in [1.165, 1.54) is 29.0 Å². The lowest BCUT2D eigenvalue weighted by Gasteiger charge is -2.10. The molecule has 1 N–H and O–H groups in total. The summed E-state index contributed by atoms with van der Waals surface area (Å²) >= 11 is 6.14. The van der Waals surface area contributed by atoms with Crippen molar-refractivity contribution in [3.8, 4) is 0 Å². The Kier molecular flexibility index (Phi) is 5.56. The summed E-state index contributed by atoms with van der Waals surface area (Å²) in [6.45, 7) is 1.84. The predicted octanol–water partition coefficient (Wildman–Crippen LogP) is 4.02. The van der Waals surface area contributed by atoms with E-state index in [1.807, 2.05) is 6.07 Å². The Balaban J connectivity index is 1.85. The average molecular weight is 398 g/mol. The molecule has 0 aliphatic heterocycles. The second-order valence-corrected chi connectivity index (χ2v) is 6.60. The van der Waals surface area contributed by atoms with Gasteiger partial charge < -0.3 is 9.88 Å². The number of nitrogens with zero attached hydrogens (tertiary/aromatic N) is 2. The van der Waals surface area contributed by atoms with Crippen LogP contribution >= 0.6 is 11.6 Å². The number of carbonyl (C=O) groups is 1. The molecule has 1 heterocycles. The quantitative estimate of drug-likeness (QED) is 0.519. The molecule has 1 aromatic heterocycles. The number of amides is 1. The van der Waals surface area contributed by atoms with Gasteiger partial charge in [-0.2, -0.15) is 0 Å². The summed E-state index contributed by atoms with van der Waals surface area (Å²) in [7, 11) is 0. The number of carbonyl (C=O) groups excluding carboxylic acids is 1. The number of rotatable bonds is 5. The molecule has 0 spiro atoms. The summed E-state index contributed by atoms with van der Waals surface area (Å²) < 4.78 is 1.38. The number of pyridine rings is 1. The molecule has 0 saturated heterocycles. The summed E-state index contributed by atoms with van der Waals surface area (Å²) in [6, 6.07) is 14.3. The molecule has 142 valence electrons. The fourth-order valence-corrected chi connectivity index (χ4v) is 2.88. The Bertz CT molecular complexity index is 1120. The normalized spacial score (nSPS) is 10.5. The molecule has 1 amide bonds. The van der Waals surface area contributed by atoms with Crippen molar-refractivity contribution in [3.63, 3.8) is 0 Å². The molecule has 0 atom stereocenters. The Morgan fingerprint density at radius 2 is 1.93 bits per heavy atom. The fourth-order valence-electron chi connectivity index (χ4n) is 2.69. The first-order valence-corrected chi connectivity index (χ1v) is 8.73. The predicted molar refractivity (Wildman–Crippen MR) is 107 cm³/mol. The lowest BCUT2D eigenvalue weighted by molar-refractivity contribution is -0.385. The van der Waals surface area contributed by atoms with Gasteiger partial charge in [-0.05, 0) is 30.7 Å². The number of hydrogen-bond donors (Lipinski definition) is 1. The highest BCUT2D eigenvalue weighted by Crippen LogP contribution is 2.22. The third-order valence-corrected chi connectivity index (χ3v) is 4.58. The molecule has 28 heavy (non-hydrogen) atoms. The summed E-state index contributed by atoms with van der Waals surface area (Å²) in [5.74, 6) is -0.481. The number of nitrogens with one attached hydrogen (secondary N) is 1. The molecule has 0 radical (unpaired) electrons. The van der Waals surface area contributed by atoms with Gasteiger partial charge in [0.15, 0.2) is 0 Å². The van der Waals surface area contributed by atoms with E-state index in [0.29, 0.717) is 16.3 Å². The standard InChI is InChI=1S/C20H16ClN3O4/c1-13-6-8-16(10-18(13)24(27)28)22-20(26)15-7-9-19(25)23(12-15)11-14-4-2-3-5-17(14)21/h2-10,12H,11H2,1H3,(H,22,26). The fraction of sp³-hybridized carbons (Fsp3) is 0.100. The van der Waals surface area contributed by atoms with Crippen molar-refractivity contribution in [1.29, 1.82) is 0 Å². The first kappa shape index (κ1) is 19.3. The van der Waals surface area contributed by atoms with Crippen LogP contribution in [0.5, 0.6) is 0 Å². The van der Waals surface area contributed by atoms with E-state index in [9.17, 15) is 19.7 Å². The molecule has 2 aromatic carbocycles. The van der Waals surface area contributed by atoms with Gasteiger partial charge >= 0.3 is 0 Å².